The van der Waals surface area contributed by atoms with Gasteiger partial charge in [0.1, 0.15) is 0 Å². The summed E-state index contributed by atoms with van der Waals surface area (Å²) in [7, 11) is 0. The highest BCUT2D eigenvalue weighted by Gasteiger charge is 2.21. The van der Waals surface area contributed by atoms with Crippen molar-refractivity contribution in [2.75, 3.05) is 13.1 Å². The zero-order chi connectivity index (χ0) is 9.80. The van der Waals surface area contributed by atoms with E-state index < -0.39 is 0 Å². The summed E-state index contributed by atoms with van der Waals surface area (Å²) in [6, 6.07) is 4.04. The molecule has 84 valence electrons. The fraction of sp³-hybridized carbons (Fsp3) is 0.500. The minimum atomic E-state index is 0. The Kier molecular flexibility index (Phi) is 5.08. The van der Waals surface area contributed by atoms with Gasteiger partial charge < -0.3 is 10.6 Å². The quantitative estimate of drug-likeness (QED) is 0.847. The lowest BCUT2D eigenvalue weighted by Gasteiger charge is -2.08. The van der Waals surface area contributed by atoms with Crippen LogP contribution in [0.3, 0.4) is 0 Å². The Bertz CT molecular complexity index is 296. The number of amides is 1. The summed E-state index contributed by atoms with van der Waals surface area (Å²) in [5, 5.41) is 8.17. The van der Waals surface area contributed by atoms with Crippen LogP contribution in [0.2, 0.25) is 0 Å². The van der Waals surface area contributed by atoms with Gasteiger partial charge in [-0.15, -0.1) is 23.7 Å². The smallest absolute Gasteiger partial charge is 0.224 e. The number of hydrogen-bond acceptors (Lipinski definition) is 3. The van der Waals surface area contributed by atoms with Gasteiger partial charge in [0.05, 0.1) is 12.5 Å². The standard InChI is InChI=1S/C10H14N2OS.ClH/c13-10(8-3-4-11-6-8)12-7-9-2-1-5-14-9;/h1-2,5,8,11H,3-4,6-7H2,(H,12,13);1H/t8-;/m0./s1. The monoisotopic (exact) mass is 246 g/mol. The van der Waals surface area contributed by atoms with E-state index in [-0.39, 0.29) is 24.2 Å². The number of halogens is 1. The molecule has 1 amide bonds. The Morgan fingerprint density at radius 3 is 3.13 bits per heavy atom. The average Bonchev–Trinajstić information content (AvgIpc) is 2.87. The molecule has 0 radical (unpaired) electrons. The Balaban J connectivity index is 0.00000112. The lowest BCUT2D eigenvalue weighted by atomic mass is 10.1. The SMILES string of the molecule is Cl.O=C(NCc1cccs1)[C@H]1CCNC1. The molecule has 1 aromatic rings. The molecule has 1 aliphatic rings. The molecule has 1 aromatic heterocycles. The van der Waals surface area contributed by atoms with Gasteiger partial charge in [-0.3, -0.25) is 4.79 Å². The van der Waals surface area contributed by atoms with Gasteiger partial charge in [-0.2, -0.15) is 0 Å². The van der Waals surface area contributed by atoms with Crippen LogP contribution in [-0.4, -0.2) is 19.0 Å². The first-order valence-electron chi connectivity index (χ1n) is 4.87. The van der Waals surface area contributed by atoms with Crippen LogP contribution in [0.15, 0.2) is 17.5 Å². The minimum absolute atomic E-state index is 0. The van der Waals surface area contributed by atoms with E-state index in [1.807, 2.05) is 17.5 Å². The van der Waals surface area contributed by atoms with Crippen LogP contribution in [0.4, 0.5) is 0 Å². The first kappa shape index (κ1) is 12.5. The summed E-state index contributed by atoms with van der Waals surface area (Å²) in [4.78, 5) is 12.8. The van der Waals surface area contributed by atoms with Crippen LogP contribution in [0, 0.1) is 5.92 Å². The summed E-state index contributed by atoms with van der Waals surface area (Å²) >= 11 is 1.68. The number of nitrogens with one attached hydrogen (secondary N) is 2. The van der Waals surface area contributed by atoms with Crippen LogP contribution in [0.25, 0.3) is 0 Å². The molecule has 0 bridgehead atoms. The topological polar surface area (TPSA) is 41.1 Å². The van der Waals surface area contributed by atoms with Gasteiger partial charge >= 0.3 is 0 Å². The van der Waals surface area contributed by atoms with Crippen LogP contribution >= 0.6 is 23.7 Å². The molecule has 2 heterocycles. The molecule has 1 saturated heterocycles. The maximum absolute atomic E-state index is 11.6. The maximum atomic E-state index is 11.6. The highest BCUT2D eigenvalue weighted by Crippen LogP contribution is 2.10. The molecular weight excluding hydrogens is 232 g/mol. The molecule has 0 unspecified atom stereocenters. The van der Waals surface area contributed by atoms with Gasteiger partial charge in [0.25, 0.3) is 0 Å². The van der Waals surface area contributed by atoms with Gasteiger partial charge in [0.15, 0.2) is 0 Å². The van der Waals surface area contributed by atoms with E-state index in [1.54, 1.807) is 11.3 Å². The highest BCUT2D eigenvalue weighted by molar-refractivity contribution is 7.09. The molecular formula is C10H15ClN2OS. The molecule has 2 rings (SSSR count). The zero-order valence-electron chi connectivity index (χ0n) is 8.36. The molecule has 2 N–H and O–H groups in total. The molecule has 1 fully saturated rings. The Morgan fingerprint density at radius 2 is 2.53 bits per heavy atom. The Labute approximate surface area is 99.7 Å². The molecule has 15 heavy (non-hydrogen) atoms. The van der Waals surface area contributed by atoms with Crippen molar-refractivity contribution >= 4 is 29.7 Å². The van der Waals surface area contributed by atoms with Crippen molar-refractivity contribution in [1.82, 2.24) is 10.6 Å². The van der Waals surface area contributed by atoms with E-state index in [1.165, 1.54) is 4.88 Å². The molecule has 5 heteroatoms. The van der Waals surface area contributed by atoms with Crippen molar-refractivity contribution in [3.05, 3.63) is 22.4 Å². The normalized spacial score (nSPS) is 19.6. The first-order valence-corrected chi connectivity index (χ1v) is 5.75. The number of hydrogen-bond donors (Lipinski definition) is 2. The van der Waals surface area contributed by atoms with Crippen molar-refractivity contribution in [3.8, 4) is 0 Å². The van der Waals surface area contributed by atoms with E-state index in [0.717, 1.165) is 19.5 Å². The molecule has 0 aromatic carbocycles. The van der Waals surface area contributed by atoms with Crippen LogP contribution in [-0.2, 0) is 11.3 Å². The summed E-state index contributed by atoms with van der Waals surface area (Å²) in [5.74, 6) is 0.360. The average molecular weight is 247 g/mol. The molecule has 1 aliphatic heterocycles. The van der Waals surface area contributed by atoms with Crippen molar-refractivity contribution in [2.24, 2.45) is 5.92 Å². The second kappa shape index (κ2) is 6.10. The Morgan fingerprint density at radius 1 is 1.67 bits per heavy atom. The first-order chi connectivity index (χ1) is 6.86. The number of rotatable bonds is 3. The highest BCUT2D eigenvalue weighted by atomic mass is 35.5. The lowest BCUT2D eigenvalue weighted by molar-refractivity contribution is -0.124. The van der Waals surface area contributed by atoms with Crippen molar-refractivity contribution in [2.45, 2.75) is 13.0 Å². The third kappa shape index (κ3) is 3.48. The molecule has 3 nitrogen and oxygen atoms in total. The third-order valence-electron chi connectivity index (χ3n) is 2.45. The van der Waals surface area contributed by atoms with E-state index >= 15 is 0 Å². The largest absolute Gasteiger partial charge is 0.351 e. The van der Waals surface area contributed by atoms with Gasteiger partial charge in [0.2, 0.25) is 5.91 Å². The predicted octanol–water partition coefficient (Wildman–Crippen LogP) is 1.40. The maximum Gasteiger partial charge on any atom is 0.224 e. The fourth-order valence-corrected chi connectivity index (χ4v) is 2.25. The van der Waals surface area contributed by atoms with Gasteiger partial charge in [-0.05, 0) is 24.4 Å². The van der Waals surface area contributed by atoms with E-state index in [0.29, 0.717) is 6.54 Å². The number of carbonyl (C=O) groups is 1. The number of thiophene rings is 1. The van der Waals surface area contributed by atoms with Crippen molar-refractivity contribution < 1.29 is 4.79 Å². The van der Waals surface area contributed by atoms with E-state index in [4.69, 9.17) is 0 Å². The van der Waals surface area contributed by atoms with Crippen LogP contribution in [0.1, 0.15) is 11.3 Å². The Hall–Kier alpha value is -0.580. The predicted molar refractivity (Wildman–Crippen MR) is 64.4 cm³/mol. The van der Waals surface area contributed by atoms with E-state index in [9.17, 15) is 4.79 Å². The van der Waals surface area contributed by atoms with Crippen LogP contribution in [0.5, 0.6) is 0 Å². The summed E-state index contributed by atoms with van der Waals surface area (Å²) in [6.07, 6.45) is 0.969. The third-order valence-corrected chi connectivity index (χ3v) is 3.32. The van der Waals surface area contributed by atoms with Gasteiger partial charge in [0, 0.05) is 11.4 Å². The fourth-order valence-electron chi connectivity index (χ4n) is 1.61. The van der Waals surface area contributed by atoms with Crippen molar-refractivity contribution in [1.29, 1.82) is 0 Å². The van der Waals surface area contributed by atoms with Gasteiger partial charge in [-0.1, -0.05) is 6.07 Å². The lowest BCUT2D eigenvalue weighted by Crippen LogP contribution is -2.31. The van der Waals surface area contributed by atoms with Gasteiger partial charge in [-0.25, -0.2) is 0 Å². The summed E-state index contributed by atoms with van der Waals surface area (Å²) < 4.78 is 0. The second-order valence-electron chi connectivity index (χ2n) is 3.49. The molecule has 0 saturated carbocycles. The second-order valence-corrected chi connectivity index (χ2v) is 4.52. The molecule has 0 spiro atoms. The summed E-state index contributed by atoms with van der Waals surface area (Å²) in [5.41, 5.74) is 0. The summed E-state index contributed by atoms with van der Waals surface area (Å²) in [6.45, 7) is 2.47. The minimum Gasteiger partial charge on any atom is -0.351 e. The zero-order valence-corrected chi connectivity index (χ0v) is 10.00. The van der Waals surface area contributed by atoms with Crippen molar-refractivity contribution in [3.63, 3.8) is 0 Å². The molecule has 1 atom stereocenters. The molecule has 0 aliphatic carbocycles. The van der Waals surface area contributed by atoms with E-state index in [2.05, 4.69) is 10.6 Å². The number of carbonyl (C=O) groups excluding carboxylic acids is 1. The van der Waals surface area contributed by atoms with Crippen LogP contribution < -0.4 is 10.6 Å².